The summed E-state index contributed by atoms with van der Waals surface area (Å²) in [5.41, 5.74) is 0.140. The number of rotatable bonds is 0. The van der Waals surface area contributed by atoms with Crippen molar-refractivity contribution < 1.29 is 9.47 Å². The minimum absolute atomic E-state index is 0.140. The van der Waals surface area contributed by atoms with Gasteiger partial charge in [-0.2, -0.15) is 0 Å². The Hall–Kier alpha value is -0.700. The van der Waals surface area contributed by atoms with Crippen molar-refractivity contribution in [2.24, 2.45) is 0 Å². The Bertz CT molecular complexity index is 336. The highest BCUT2D eigenvalue weighted by Gasteiger charge is 2.25. The highest BCUT2D eigenvalue weighted by atomic mass is 32.1. The molecule has 0 N–H and O–H groups in total. The van der Waals surface area contributed by atoms with Crippen molar-refractivity contribution in [1.29, 1.82) is 0 Å². The maximum atomic E-state index is 5.81. The van der Waals surface area contributed by atoms with Crippen LogP contribution in [0.4, 0.5) is 0 Å². The molecule has 0 saturated heterocycles. The van der Waals surface area contributed by atoms with E-state index in [0.717, 1.165) is 37.6 Å². The molecule has 2 rings (SSSR count). The molecule has 1 aromatic rings. The second kappa shape index (κ2) is 4.05. The third-order valence-corrected chi connectivity index (χ3v) is 3.80. The second-order valence-electron chi connectivity index (χ2n) is 4.91. The lowest BCUT2D eigenvalue weighted by molar-refractivity contribution is 0.222. The predicted molar refractivity (Wildman–Crippen MR) is 63.2 cm³/mol. The van der Waals surface area contributed by atoms with Gasteiger partial charge in [-0.1, -0.05) is 20.8 Å². The van der Waals surface area contributed by atoms with Gasteiger partial charge in [0.2, 0.25) is 0 Å². The maximum Gasteiger partial charge on any atom is 0.175 e. The number of thiophene rings is 1. The molecule has 0 atom stereocenters. The Morgan fingerprint density at radius 1 is 1.13 bits per heavy atom. The zero-order chi connectivity index (χ0) is 10.9. The summed E-state index contributed by atoms with van der Waals surface area (Å²) in [6.07, 6.45) is 2.17. The van der Waals surface area contributed by atoms with Crippen molar-refractivity contribution in [3.63, 3.8) is 0 Å². The molecule has 84 valence electrons. The number of ether oxygens (including phenoxy) is 2. The first kappa shape index (κ1) is 10.8. The van der Waals surface area contributed by atoms with Crippen molar-refractivity contribution >= 4 is 11.3 Å². The molecular weight excluding hydrogens is 208 g/mol. The molecule has 3 heteroatoms. The van der Waals surface area contributed by atoms with Gasteiger partial charge in [0.1, 0.15) is 0 Å². The van der Waals surface area contributed by atoms with Crippen LogP contribution in [0, 0.1) is 0 Å². The molecule has 0 bridgehead atoms. The van der Waals surface area contributed by atoms with Crippen molar-refractivity contribution in [2.75, 3.05) is 13.2 Å². The highest BCUT2D eigenvalue weighted by molar-refractivity contribution is 7.10. The zero-order valence-electron chi connectivity index (χ0n) is 9.63. The molecule has 2 nitrogen and oxygen atoms in total. The van der Waals surface area contributed by atoms with Crippen molar-refractivity contribution in [2.45, 2.75) is 39.0 Å². The lowest BCUT2D eigenvalue weighted by atomic mass is 9.94. The summed E-state index contributed by atoms with van der Waals surface area (Å²) in [7, 11) is 0. The monoisotopic (exact) mass is 226 g/mol. The van der Waals surface area contributed by atoms with Gasteiger partial charge in [-0.05, 0) is 12.8 Å². The largest absolute Gasteiger partial charge is 0.489 e. The average molecular weight is 226 g/mol. The quantitative estimate of drug-likeness (QED) is 0.673. The van der Waals surface area contributed by atoms with E-state index in [0.29, 0.717) is 0 Å². The summed E-state index contributed by atoms with van der Waals surface area (Å²) in [4.78, 5) is 1.29. The van der Waals surface area contributed by atoms with E-state index in [9.17, 15) is 0 Å². The van der Waals surface area contributed by atoms with Gasteiger partial charge in [-0.15, -0.1) is 11.3 Å². The van der Waals surface area contributed by atoms with Gasteiger partial charge in [-0.3, -0.25) is 0 Å². The van der Waals surface area contributed by atoms with E-state index in [4.69, 9.17) is 9.47 Å². The molecule has 0 saturated carbocycles. The Morgan fingerprint density at radius 2 is 1.80 bits per heavy atom. The minimum Gasteiger partial charge on any atom is -0.489 e. The normalized spacial score (nSPS) is 17.0. The van der Waals surface area contributed by atoms with E-state index in [2.05, 4.69) is 26.2 Å². The summed E-state index contributed by atoms with van der Waals surface area (Å²) in [6, 6.07) is 0. The predicted octanol–water partition coefficient (Wildman–Crippen LogP) is 3.60. The van der Waals surface area contributed by atoms with Crippen LogP contribution in [0.15, 0.2) is 5.38 Å². The smallest absolute Gasteiger partial charge is 0.175 e. The van der Waals surface area contributed by atoms with E-state index in [1.807, 2.05) is 0 Å². The standard InChI is InChI=1S/C12H18O2S/c1-12(2,3)11-10-9(8-15-11)13-6-4-5-7-14-10/h8H,4-7H2,1-3H3. The van der Waals surface area contributed by atoms with Gasteiger partial charge in [0, 0.05) is 10.8 Å². The SMILES string of the molecule is CC(C)(C)c1scc2c1OCCCCO2. The fourth-order valence-electron chi connectivity index (χ4n) is 1.65. The van der Waals surface area contributed by atoms with Crippen LogP contribution in [0.2, 0.25) is 0 Å². The molecule has 0 fully saturated rings. The van der Waals surface area contributed by atoms with Crippen LogP contribution < -0.4 is 9.47 Å². The van der Waals surface area contributed by atoms with Crippen LogP contribution in [-0.2, 0) is 5.41 Å². The van der Waals surface area contributed by atoms with E-state index < -0.39 is 0 Å². The van der Waals surface area contributed by atoms with Gasteiger partial charge in [0.25, 0.3) is 0 Å². The summed E-state index contributed by atoms with van der Waals surface area (Å²) in [6.45, 7) is 8.26. The fourth-order valence-corrected chi connectivity index (χ4v) is 2.67. The first-order valence-electron chi connectivity index (χ1n) is 5.46. The fraction of sp³-hybridized carbons (Fsp3) is 0.667. The van der Waals surface area contributed by atoms with E-state index >= 15 is 0 Å². The van der Waals surface area contributed by atoms with Gasteiger partial charge < -0.3 is 9.47 Å². The average Bonchev–Trinajstić information content (AvgIpc) is 2.46. The van der Waals surface area contributed by atoms with Gasteiger partial charge in [-0.25, -0.2) is 0 Å². The maximum absolute atomic E-state index is 5.81. The van der Waals surface area contributed by atoms with Crippen molar-refractivity contribution in [3.05, 3.63) is 10.3 Å². The third kappa shape index (κ3) is 2.28. The van der Waals surface area contributed by atoms with E-state index in [-0.39, 0.29) is 5.41 Å². The molecular formula is C12H18O2S. The van der Waals surface area contributed by atoms with E-state index in [1.54, 1.807) is 11.3 Å². The molecule has 0 aromatic carbocycles. The number of fused-ring (bicyclic) bond motifs is 1. The lowest BCUT2D eigenvalue weighted by Crippen LogP contribution is -2.13. The molecule has 15 heavy (non-hydrogen) atoms. The minimum atomic E-state index is 0.140. The molecule has 1 aromatic heterocycles. The van der Waals surface area contributed by atoms with Crippen LogP contribution in [0.25, 0.3) is 0 Å². The van der Waals surface area contributed by atoms with Crippen molar-refractivity contribution in [3.8, 4) is 11.5 Å². The molecule has 0 amide bonds. The summed E-state index contributed by atoms with van der Waals surface area (Å²) in [5.74, 6) is 1.91. The van der Waals surface area contributed by atoms with Crippen LogP contribution in [0.3, 0.4) is 0 Å². The number of hydrogen-bond acceptors (Lipinski definition) is 3. The van der Waals surface area contributed by atoms with Gasteiger partial charge in [0.05, 0.1) is 18.1 Å². The molecule has 0 spiro atoms. The van der Waals surface area contributed by atoms with Gasteiger partial charge in [0.15, 0.2) is 11.5 Å². The first-order chi connectivity index (χ1) is 7.09. The molecule has 0 aliphatic carbocycles. The molecule has 0 unspecified atom stereocenters. The summed E-state index contributed by atoms with van der Waals surface area (Å²) < 4.78 is 11.5. The Balaban J connectivity index is 2.34. The Morgan fingerprint density at radius 3 is 2.47 bits per heavy atom. The van der Waals surface area contributed by atoms with Gasteiger partial charge >= 0.3 is 0 Å². The Kier molecular flexibility index (Phi) is 2.91. The summed E-state index contributed by atoms with van der Waals surface area (Å²) >= 11 is 1.74. The van der Waals surface area contributed by atoms with Crippen LogP contribution in [-0.4, -0.2) is 13.2 Å². The number of hydrogen-bond donors (Lipinski definition) is 0. The summed E-state index contributed by atoms with van der Waals surface area (Å²) in [5, 5.41) is 2.07. The third-order valence-electron chi connectivity index (χ3n) is 2.44. The van der Waals surface area contributed by atoms with Crippen LogP contribution in [0.1, 0.15) is 38.5 Å². The first-order valence-corrected chi connectivity index (χ1v) is 6.34. The Labute approximate surface area is 95.2 Å². The topological polar surface area (TPSA) is 18.5 Å². The molecule has 1 aliphatic rings. The van der Waals surface area contributed by atoms with Crippen LogP contribution >= 0.6 is 11.3 Å². The highest BCUT2D eigenvalue weighted by Crippen LogP contribution is 2.44. The zero-order valence-corrected chi connectivity index (χ0v) is 10.4. The molecule has 1 aliphatic heterocycles. The van der Waals surface area contributed by atoms with Crippen molar-refractivity contribution in [1.82, 2.24) is 0 Å². The van der Waals surface area contributed by atoms with Crippen LogP contribution in [0.5, 0.6) is 11.5 Å². The molecule has 0 radical (unpaired) electrons. The lowest BCUT2D eigenvalue weighted by Gasteiger charge is -2.21. The second-order valence-corrected chi connectivity index (χ2v) is 5.79. The molecule has 2 heterocycles. The van der Waals surface area contributed by atoms with E-state index in [1.165, 1.54) is 4.88 Å².